The molecular formula is C18H18BrFN2O2. The molecule has 0 bridgehead atoms. The van der Waals surface area contributed by atoms with Crippen LogP contribution in [0.4, 0.5) is 10.1 Å². The van der Waals surface area contributed by atoms with E-state index in [2.05, 4.69) is 21.2 Å². The molecule has 126 valence electrons. The zero-order valence-electron chi connectivity index (χ0n) is 13.3. The van der Waals surface area contributed by atoms with Gasteiger partial charge in [0.2, 0.25) is 11.8 Å². The first-order valence-electron chi connectivity index (χ1n) is 7.51. The molecule has 0 fully saturated rings. The number of para-hydroxylation sites is 1. The van der Waals surface area contributed by atoms with Crippen LogP contribution in [0.2, 0.25) is 0 Å². The predicted octanol–water partition coefficient (Wildman–Crippen LogP) is 3.30. The number of rotatable bonds is 6. The summed E-state index contributed by atoms with van der Waals surface area (Å²) in [7, 11) is 0. The highest BCUT2D eigenvalue weighted by atomic mass is 79.9. The molecule has 2 amide bonds. The number of halogens is 2. The Labute approximate surface area is 148 Å². The number of amides is 2. The van der Waals surface area contributed by atoms with Gasteiger partial charge in [0.05, 0.1) is 12.1 Å². The first-order chi connectivity index (χ1) is 11.5. The van der Waals surface area contributed by atoms with Crippen molar-refractivity contribution < 1.29 is 14.0 Å². The van der Waals surface area contributed by atoms with Gasteiger partial charge < -0.3 is 10.2 Å². The van der Waals surface area contributed by atoms with Gasteiger partial charge in [-0.1, -0.05) is 40.2 Å². The minimum absolute atomic E-state index is 0.144. The smallest absolute Gasteiger partial charge is 0.224 e. The third-order valence-corrected chi connectivity index (χ3v) is 3.99. The lowest BCUT2D eigenvalue weighted by Crippen LogP contribution is -2.38. The Balaban J connectivity index is 1.89. The van der Waals surface area contributed by atoms with Crippen molar-refractivity contribution in [2.75, 3.05) is 18.0 Å². The second-order valence-electron chi connectivity index (χ2n) is 5.28. The molecule has 2 rings (SSSR count). The van der Waals surface area contributed by atoms with Crippen LogP contribution in [0.3, 0.4) is 0 Å². The Bertz CT molecular complexity index is 719. The largest absolute Gasteiger partial charge is 0.354 e. The summed E-state index contributed by atoms with van der Waals surface area (Å²) in [5, 5.41) is 2.75. The molecule has 4 nitrogen and oxygen atoms in total. The molecule has 0 aliphatic heterocycles. The van der Waals surface area contributed by atoms with Gasteiger partial charge >= 0.3 is 0 Å². The minimum Gasteiger partial charge on any atom is -0.354 e. The fraction of sp³-hybridized carbons (Fsp3) is 0.222. The summed E-state index contributed by atoms with van der Waals surface area (Å²) in [5.41, 5.74) is 1.11. The molecule has 0 unspecified atom stereocenters. The van der Waals surface area contributed by atoms with Gasteiger partial charge in [-0.3, -0.25) is 9.59 Å². The van der Waals surface area contributed by atoms with Gasteiger partial charge in [-0.2, -0.15) is 0 Å². The molecule has 0 radical (unpaired) electrons. The van der Waals surface area contributed by atoms with E-state index in [0.717, 1.165) is 10.0 Å². The Morgan fingerprint density at radius 3 is 2.42 bits per heavy atom. The number of carbonyl (C=O) groups is 2. The first kappa shape index (κ1) is 18.1. The van der Waals surface area contributed by atoms with E-state index < -0.39 is 5.82 Å². The number of carbonyl (C=O) groups excluding carboxylic acids is 2. The number of anilines is 1. The maximum absolute atomic E-state index is 13.8. The van der Waals surface area contributed by atoms with Crippen molar-refractivity contribution >= 4 is 33.4 Å². The Hall–Kier alpha value is -2.21. The molecule has 0 saturated heterocycles. The summed E-state index contributed by atoms with van der Waals surface area (Å²) in [6, 6.07) is 13.6. The molecule has 2 aromatic rings. The SMILES string of the molecule is CC(=O)N(CCNC(=O)Cc1ccc(Br)cc1)c1ccccc1F. The fourth-order valence-electron chi connectivity index (χ4n) is 2.28. The topological polar surface area (TPSA) is 49.4 Å². The summed E-state index contributed by atoms with van der Waals surface area (Å²) in [6.07, 6.45) is 0.257. The van der Waals surface area contributed by atoms with E-state index in [9.17, 15) is 14.0 Å². The van der Waals surface area contributed by atoms with Crippen molar-refractivity contribution in [3.05, 3.63) is 64.4 Å². The zero-order chi connectivity index (χ0) is 17.5. The summed E-state index contributed by atoms with van der Waals surface area (Å²) in [4.78, 5) is 25.0. The number of benzene rings is 2. The summed E-state index contributed by atoms with van der Waals surface area (Å²) in [6.45, 7) is 1.84. The molecule has 0 heterocycles. The van der Waals surface area contributed by atoms with E-state index in [1.165, 1.54) is 17.9 Å². The second kappa shape index (κ2) is 8.59. The van der Waals surface area contributed by atoms with Crippen LogP contribution in [0.5, 0.6) is 0 Å². The highest BCUT2D eigenvalue weighted by Crippen LogP contribution is 2.18. The quantitative estimate of drug-likeness (QED) is 0.819. The van der Waals surface area contributed by atoms with Crippen molar-refractivity contribution in [3.8, 4) is 0 Å². The standard InChI is InChI=1S/C18H18BrFN2O2/c1-13(23)22(17-5-3-2-4-16(17)20)11-10-21-18(24)12-14-6-8-15(19)9-7-14/h2-9H,10-12H2,1H3,(H,21,24). The monoisotopic (exact) mass is 392 g/mol. The first-order valence-corrected chi connectivity index (χ1v) is 8.30. The molecule has 0 aromatic heterocycles. The van der Waals surface area contributed by atoms with Crippen LogP contribution >= 0.6 is 15.9 Å². The lowest BCUT2D eigenvalue weighted by Gasteiger charge is -2.21. The van der Waals surface area contributed by atoms with E-state index >= 15 is 0 Å². The molecule has 6 heteroatoms. The minimum atomic E-state index is -0.464. The molecule has 0 spiro atoms. The van der Waals surface area contributed by atoms with Crippen LogP contribution < -0.4 is 10.2 Å². The number of nitrogens with zero attached hydrogens (tertiary/aromatic N) is 1. The summed E-state index contributed by atoms with van der Waals surface area (Å²) >= 11 is 3.34. The van der Waals surface area contributed by atoms with Crippen LogP contribution in [-0.4, -0.2) is 24.9 Å². The van der Waals surface area contributed by atoms with Gasteiger partial charge in [0, 0.05) is 24.5 Å². The summed E-state index contributed by atoms with van der Waals surface area (Å²) < 4.78 is 14.8. The third-order valence-electron chi connectivity index (χ3n) is 3.46. The van der Waals surface area contributed by atoms with Crippen LogP contribution in [0.25, 0.3) is 0 Å². The van der Waals surface area contributed by atoms with E-state index in [-0.39, 0.29) is 37.0 Å². The van der Waals surface area contributed by atoms with Crippen LogP contribution in [0.15, 0.2) is 53.0 Å². The van der Waals surface area contributed by atoms with Gasteiger partial charge in [0.15, 0.2) is 0 Å². The van der Waals surface area contributed by atoms with Crippen molar-refractivity contribution in [1.29, 1.82) is 0 Å². The third kappa shape index (κ3) is 5.16. The zero-order valence-corrected chi connectivity index (χ0v) is 14.8. The van der Waals surface area contributed by atoms with E-state index in [1.807, 2.05) is 24.3 Å². The maximum atomic E-state index is 13.8. The van der Waals surface area contributed by atoms with Gasteiger partial charge in [-0.25, -0.2) is 4.39 Å². The van der Waals surface area contributed by atoms with Gasteiger partial charge in [-0.05, 0) is 29.8 Å². The number of hydrogen-bond donors (Lipinski definition) is 1. The lowest BCUT2D eigenvalue weighted by molar-refractivity contribution is -0.121. The average molecular weight is 393 g/mol. The van der Waals surface area contributed by atoms with Crippen molar-refractivity contribution in [3.63, 3.8) is 0 Å². The molecule has 0 aliphatic carbocycles. The molecule has 1 N–H and O–H groups in total. The number of nitrogens with one attached hydrogen (secondary N) is 1. The van der Waals surface area contributed by atoms with Crippen molar-refractivity contribution in [2.45, 2.75) is 13.3 Å². The van der Waals surface area contributed by atoms with Crippen molar-refractivity contribution in [2.24, 2.45) is 0 Å². The Morgan fingerprint density at radius 2 is 1.79 bits per heavy atom. The van der Waals surface area contributed by atoms with Gasteiger partial charge in [0.1, 0.15) is 5.82 Å². The molecular weight excluding hydrogens is 375 g/mol. The Kier molecular flexibility index (Phi) is 6.49. The van der Waals surface area contributed by atoms with Crippen molar-refractivity contribution in [1.82, 2.24) is 5.32 Å². The highest BCUT2D eigenvalue weighted by Gasteiger charge is 2.15. The average Bonchev–Trinajstić information content (AvgIpc) is 2.54. The second-order valence-corrected chi connectivity index (χ2v) is 6.19. The van der Waals surface area contributed by atoms with Crippen LogP contribution in [-0.2, 0) is 16.0 Å². The van der Waals surface area contributed by atoms with Gasteiger partial charge in [0.25, 0.3) is 0 Å². The molecule has 24 heavy (non-hydrogen) atoms. The van der Waals surface area contributed by atoms with E-state index in [0.29, 0.717) is 0 Å². The van der Waals surface area contributed by atoms with E-state index in [1.54, 1.807) is 18.2 Å². The molecule has 0 atom stereocenters. The predicted molar refractivity (Wildman–Crippen MR) is 95.3 cm³/mol. The van der Waals surface area contributed by atoms with E-state index in [4.69, 9.17) is 0 Å². The number of hydrogen-bond acceptors (Lipinski definition) is 2. The lowest BCUT2D eigenvalue weighted by atomic mass is 10.1. The van der Waals surface area contributed by atoms with Crippen LogP contribution in [0.1, 0.15) is 12.5 Å². The highest BCUT2D eigenvalue weighted by molar-refractivity contribution is 9.10. The Morgan fingerprint density at radius 1 is 1.12 bits per heavy atom. The molecule has 0 saturated carbocycles. The summed E-state index contributed by atoms with van der Waals surface area (Å²) in [5.74, 6) is -0.884. The van der Waals surface area contributed by atoms with Crippen LogP contribution in [0, 0.1) is 5.82 Å². The normalized spacial score (nSPS) is 10.3. The fourth-order valence-corrected chi connectivity index (χ4v) is 2.54. The molecule has 0 aliphatic rings. The molecule has 2 aromatic carbocycles. The maximum Gasteiger partial charge on any atom is 0.224 e. The van der Waals surface area contributed by atoms with Gasteiger partial charge in [-0.15, -0.1) is 0 Å².